The topological polar surface area (TPSA) is 52.1 Å². The van der Waals surface area contributed by atoms with Crippen molar-refractivity contribution in [1.82, 2.24) is 9.97 Å². The van der Waals surface area contributed by atoms with Crippen molar-refractivity contribution < 1.29 is 14.3 Å². The summed E-state index contributed by atoms with van der Waals surface area (Å²) in [5.41, 5.74) is -0.00926. The number of hydrogen-bond acceptors (Lipinski definition) is 4. The van der Waals surface area contributed by atoms with E-state index in [0.717, 1.165) is 12.4 Å². The predicted octanol–water partition coefficient (Wildman–Crippen LogP) is 0.518. The Morgan fingerprint density at radius 3 is 2.60 bits per heavy atom. The van der Waals surface area contributed by atoms with Crippen LogP contribution in [0.5, 0.6) is 0 Å². The molecule has 1 aromatic rings. The summed E-state index contributed by atoms with van der Waals surface area (Å²) in [6, 6.07) is 0. The van der Waals surface area contributed by atoms with Crippen molar-refractivity contribution in [3.05, 3.63) is 24.3 Å². The molecule has 0 N–H and O–H groups in total. The molecule has 1 rings (SSSR count). The monoisotopic (exact) mass is 142 g/mol. The molecule has 4 nitrogen and oxygen atoms in total. The van der Waals surface area contributed by atoms with Crippen LogP contribution in [0.1, 0.15) is 10.4 Å². The van der Waals surface area contributed by atoms with Crippen LogP contribution in [-0.2, 0) is 4.94 Å². The summed E-state index contributed by atoms with van der Waals surface area (Å²) in [6.45, 7) is 0. The summed E-state index contributed by atoms with van der Waals surface area (Å²) in [4.78, 5) is 20.2. The molecule has 1 aromatic heterocycles. The molecule has 0 aliphatic heterocycles. The molecule has 0 fully saturated rings. The van der Waals surface area contributed by atoms with Crippen molar-refractivity contribution in [2.45, 2.75) is 0 Å². The van der Waals surface area contributed by atoms with Gasteiger partial charge in [-0.25, -0.2) is 19.7 Å². The van der Waals surface area contributed by atoms with Gasteiger partial charge in [-0.3, -0.25) is 0 Å². The molecule has 0 aliphatic rings. The van der Waals surface area contributed by atoms with Crippen LogP contribution in [0.25, 0.3) is 0 Å². The molecule has 0 aromatic carbocycles. The Labute approximate surface area is 55.6 Å². The van der Waals surface area contributed by atoms with E-state index in [1.54, 1.807) is 0 Å². The van der Waals surface area contributed by atoms with Crippen LogP contribution in [-0.4, -0.2) is 15.9 Å². The van der Waals surface area contributed by atoms with Crippen molar-refractivity contribution >= 4 is 5.97 Å². The number of hydrogen-bond donors (Lipinski definition) is 0. The van der Waals surface area contributed by atoms with Crippen LogP contribution >= 0.6 is 0 Å². The van der Waals surface area contributed by atoms with Crippen molar-refractivity contribution in [2.75, 3.05) is 0 Å². The van der Waals surface area contributed by atoms with E-state index >= 15 is 0 Å². The number of carbonyl (C=O) groups excluding carboxylic acids is 1. The zero-order chi connectivity index (χ0) is 7.40. The Balaban J connectivity index is 2.85. The first-order valence-corrected chi connectivity index (χ1v) is 2.42. The van der Waals surface area contributed by atoms with Gasteiger partial charge in [0.15, 0.2) is 0 Å². The minimum Gasteiger partial charge on any atom is -0.249 e. The van der Waals surface area contributed by atoms with Crippen LogP contribution in [0.2, 0.25) is 0 Å². The first-order valence-electron chi connectivity index (χ1n) is 2.42. The number of nitrogens with zero attached hydrogens (tertiary/aromatic N) is 2. The van der Waals surface area contributed by atoms with E-state index < -0.39 is 5.97 Å². The maximum absolute atomic E-state index is 11.2. The second-order valence-electron chi connectivity index (χ2n) is 1.49. The van der Waals surface area contributed by atoms with Crippen molar-refractivity contribution in [3.8, 4) is 0 Å². The van der Waals surface area contributed by atoms with Crippen molar-refractivity contribution in [3.63, 3.8) is 0 Å². The van der Waals surface area contributed by atoms with Crippen LogP contribution < -0.4 is 0 Å². The fourth-order valence-corrected chi connectivity index (χ4v) is 0.449. The van der Waals surface area contributed by atoms with Gasteiger partial charge in [0.1, 0.15) is 6.33 Å². The summed E-state index contributed by atoms with van der Waals surface area (Å²) >= 11 is 0. The Hall–Kier alpha value is -1.52. The molecule has 52 valence electrons. The zero-order valence-corrected chi connectivity index (χ0v) is 4.82. The Morgan fingerprint density at radius 2 is 2.10 bits per heavy atom. The fraction of sp³-hybridized carbons (Fsp3) is 0. The van der Waals surface area contributed by atoms with Gasteiger partial charge in [-0.1, -0.05) is 0 Å². The van der Waals surface area contributed by atoms with Crippen LogP contribution in [0.15, 0.2) is 18.7 Å². The van der Waals surface area contributed by atoms with Gasteiger partial charge in [0.2, 0.25) is 0 Å². The number of halogens is 1. The third-order valence-electron chi connectivity index (χ3n) is 0.866. The third-order valence-corrected chi connectivity index (χ3v) is 0.866. The average molecular weight is 142 g/mol. The van der Waals surface area contributed by atoms with Crippen molar-refractivity contribution in [1.29, 1.82) is 0 Å². The molecule has 0 saturated carbocycles. The number of aromatic nitrogens is 2. The first-order chi connectivity index (χ1) is 4.84. The molecule has 0 radical (unpaired) electrons. The summed E-state index contributed by atoms with van der Waals surface area (Å²) < 4.78 is 11.2. The minimum atomic E-state index is -1.08. The maximum Gasteiger partial charge on any atom is 0.382 e. The molecule has 10 heavy (non-hydrogen) atoms. The SMILES string of the molecule is O=C(OF)c1cncnc1. The molecular weight excluding hydrogens is 139 g/mol. The largest absolute Gasteiger partial charge is 0.382 e. The lowest BCUT2D eigenvalue weighted by Crippen LogP contribution is -1.99. The van der Waals surface area contributed by atoms with Gasteiger partial charge in [0, 0.05) is 16.9 Å². The Morgan fingerprint density at radius 1 is 1.50 bits per heavy atom. The predicted molar refractivity (Wildman–Crippen MR) is 28.6 cm³/mol. The summed E-state index contributed by atoms with van der Waals surface area (Å²) in [7, 11) is 0. The molecule has 1 heterocycles. The van der Waals surface area contributed by atoms with Gasteiger partial charge in [0.05, 0.1) is 5.56 Å². The minimum absolute atomic E-state index is 0.00926. The Kier molecular flexibility index (Phi) is 1.89. The standard InChI is InChI=1S/C5H3FN2O2/c6-10-5(9)4-1-7-3-8-2-4/h1-3H. The van der Waals surface area contributed by atoms with E-state index in [2.05, 4.69) is 14.9 Å². The number of rotatable bonds is 1. The number of carbonyl (C=O) groups is 1. The second kappa shape index (κ2) is 2.86. The van der Waals surface area contributed by atoms with E-state index in [-0.39, 0.29) is 5.56 Å². The van der Waals surface area contributed by atoms with Crippen LogP contribution in [0.4, 0.5) is 4.53 Å². The van der Waals surface area contributed by atoms with Gasteiger partial charge in [-0.05, 0) is 0 Å². The summed E-state index contributed by atoms with van der Waals surface area (Å²) in [6.07, 6.45) is 3.55. The van der Waals surface area contributed by atoms with Crippen molar-refractivity contribution in [2.24, 2.45) is 0 Å². The van der Waals surface area contributed by atoms with Gasteiger partial charge in [-0.15, -0.1) is 0 Å². The van der Waals surface area contributed by atoms with E-state index in [1.807, 2.05) is 0 Å². The highest BCUT2D eigenvalue weighted by molar-refractivity contribution is 5.87. The maximum atomic E-state index is 11.2. The quantitative estimate of drug-likeness (QED) is 0.573. The molecule has 0 atom stereocenters. The smallest absolute Gasteiger partial charge is 0.249 e. The zero-order valence-electron chi connectivity index (χ0n) is 4.82. The lowest BCUT2D eigenvalue weighted by Gasteiger charge is -1.89. The summed E-state index contributed by atoms with van der Waals surface area (Å²) in [5.74, 6) is -1.08. The molecule has 0 unspecified atom stereocenters. The van der Waals surface area contributed by atoms with E-state index in [4.69, 9.17) is 0 Å². The molecule has 0 saturated heterocycles. The molecule has 0 bridgehead atoms. The van der Waals surface area contributed by atoms with Crippen LogP contribution in [0.3, 0.4) is 0 Å². The lowest BCUT2D eigenvalue weighted by molar-refractivity contribution is -0.0788. The van der Waals surface area contributed by atoms with Gasteiger partial charge < -0.3 is 0 Å². The Bertz CT molecular complexity index is 226. The summed E-state index contributed by atoms with van der Waals surface area (Å²) in [5, 5.41) is 0. The van der Waals surface area contributed by atoms with E-state index in [9.17, 15) is 9.32 Å². The third kappa shape index (κ3) is 1.25. The molecule has 0 amide bonds. The highest BCUT2D eigenvalue weighted by atomic mass is 19.3. The molecule has 0 aliphatic carbocycles. The average Bonchev–Trinajstić information content (AvgIpc) is 2.05. The normalized spacial score (nSPS) is 8.90. The second-order valence-corrected chi connectivity index (χ2v) is 1.49. The first kappa shape index (κ1) is 6.60. The van der Waals surface area contributed by atoms with E-state index in [1.165, 1.54) is 6.33 Å². The van der Waals surface area contributed by atoms with E-state index in [0.29, 0.717) is 0 Å². The highest BCUT2D eigenvalue weighted by Gasteiger charge is 2.06. The lowest BCUT2D eigenvalue weighted by atomic mass is 10.4. The van der Waals surface area contributed by atoms with Crippen LogP contribution in [0, 0.1) is 0 Å². The molecule has 0 spiro atoms. The fourth-order valence-electron chi connectivity index (χ4n) is 0.449. The van der Waals surface area contributed by atoms with Gasteiger partial charge >= 0.3 is 5.97 Å². The van der Waals surface area contributed by atoms with Gasteiger partial charge in [-0.2, -0.15) is 0 Å². The molecular formula is C5H3FN2O2. The molecule has 5 heteroatoms. The highest BCUT2D eigenvalue weighted by Crippen LogP contribution is 1.95. The van der Waals surface area contributed by atoms with Gasteiger partial charge in [0.25, 0.3) is 0 Å².